The topological polar surface area (TPSA) is 68.6 Å². The zero-order valence-corrected chi connectivity index (χ0v) is 14.7. The summed E-state index contributed by atoms with van der Waals surface area (Å²) in [6, 6.07) is 8.16. The van der Waals surface area contributed by atoms with Gasteiger partial charge in [-0.1, -0.05) is 12.1 Å². The second-order valence-corrected chi connectivity index (χ2v) is 6.74. The molecule has 0 saturated heterocycles. The van der Waals surface area contributed by atoms with Crippen molar-refractivity contribution in [2.24, 2.45) is 5.92 Å². The van der Waals surface area contributed by atoms with Crippen molar-refractivity contribution in [3.05, 3.63) is 35.4 Å². The maximum Gasteiger partial charge on any atom is 0.333 e. The van der Waals surface area contributed by atoms with Gasteiger partial charge in [0.15, 0.2) is 11.5 Å². The molecule has 25 heavy (non-hydrogen) atoms. The summed E-state index contributed by atoms with van der Waals surface area (Å²) in [6.45, 7) is 0.686. The van der Waals surface area contributed by atoms with Crippen LogP contribution >= 0.6 is 0 Å². The van der Waals surface area contributed by atoms with E-state index in [-0.39, 0.29) is 5.97 Å². The van der Waals surface area contributed by atoms with Gasteiger partial charge in [0.25, 0.3) is 0 Å². The van der Waals surface area contributed by atoms with Crippen LogP contribution in [0.5, 0.6) is 11.5 Å². The second-order valence-electron chi connectivity index (χ2n) is 6.74. The third-order valence-electron chi connectivity index (χ3n) is 5.07. The Balaban J connectivity index is 1.85. The van der Waals surface area contributed by atoms with Crippen molar-refractivity contribution in [2.45, 2.75) is 37.5 Å². The van der Waals surface area contributed by atoms with Crippen LogP contribution in [0, 0.1) is 17.2 Å². The van der Waals surface area contributed by atoms with Crippen molar-refractivity contribution in [1.82, 2.24) is 0 Å². The number of nitriles is 1. The first kappa shape index (κ1) is 17.3. The van der Waals surface area contributed by atoms with Crippen LogP contribution < -0.4 is 9.47 Å². The molecule has 3 rings (SSSR count). The molecule has 1 fully saturated rings. The molecule has 0 amide bonds. The molecule has 0 heterocycles. The smallest absolute Gasteiger partial charge is 0.333 e. The molecule has 1 aromatic rings. The quantitative estimate of drug-likeness (QED) is 0.741. The largest absolute Gasteiger partial charge is 0.493 e. The molecule has 1 saturated carbocycles. The van der Waals surface area contributed by atoms with Gasteiger partial charge in [0.05, 0.1) is 32.3 Å². The Labute approximate surface area is 148 Å². The Morgan fingerprint density at radius 2 is 2.12 bits per heavy atom. The second kappa shape index (κ2) is 7.18. The average molecular weight is 341 g/mol. The summed E-state index contributed by atoms with van der Waals surface area (Å²) in [7, 11) is 2.99. The summed E-state index contributed by atoms with van der Waals surface area (Å²) in [5, 5.41) is 9.86. The van der Waals surface area contributed by atoms with E-state index in [0.717, 1.165) is 5.56 Å². The standard InChI is InChI=1S/C20H23NO4/c1-23-17-6-5-16(11-18(17)25-12-14-3-4-14)20(13-21)9-7-15(8-10-20)19(22)24-2/h5-7,11,14H,3-4,8-10,12H2,1-2H3. The van der Waals surface area contributed by atoms with Gasteiger partial charge in [-0.05, 0) is 55.7 Å². The van der Waals surface area contributed by atoms with Gasteiger partial charge in [-0.15, -0.1) is 0 Å². The SMILES string of the molecule is COC(=O)C1=CCC(C#N)(c2ccc(OC)c(OCC3CC3)c2)CC1. The maximum absolute atomic E-state index is 11.7. The zero-order chi connectivity index (χ0) is 17.9. The number of allylic oxidation sites excluding steroid dienone is 1. The number of nitrogens with zero attached hydrogens (tertiary/aromatic N) is 1. The van der Waals surface area contributed by atoms with E-state index in [1.807, 2.05) is 24.3 Å². The molecule has 0 bridgehead atoms. The molecule has 1 atom stereocenters. The van der Waals surface area contributed by atoms with E-state index in [0.29, 0.717) is 48.9 Å². The Morgan fingerprint density at radius 1 is 1.32 bits per heavy atom. The predicted octanol–water partition coefficient (Wildman–Crippen LogP) is 3.53. The molecule has 1 aromatic carbocycles. The number of esters is 1. The van der Waals surface area contributed by atoms with E-state index in [9.17, 15) is 10.1 Å². The minimum absolute atomic E-state index is 0.310. The highest BCUT2D eigenvalue weighted by molar-refractivity contribution is 5.88. The van der Waals surface area contributed by atoms with Gasteiger partial charge >= 0.3 is 5.97 Å². The van der Waals surface area contributed by atoms with E-state index in [1.165, 1.54) is 20.0 Å². The Kier molecular flexibility index (Phi) is 4.98. The predicted molar refractivity (Wildman–Crippen MR) is 92.5 cm³/mol. The molecule has 5 heteroatoms. The molecule has 0 aliphatic heterocycles. The third kappa shape index (κ3) is 3.63. The van der Waals surface area contributed by atoms with Crippen LogP contribution in [0.2, 0.25) is 0 Å². The number of hydrogen-bond acceptors (Lipinski definition) is 5. The van der Waals surface area contributed by atoms with E-state index in [2.05, 4.69) is 6.07 Å². The molecule has 0 aromatic heterocycles. The first-order valence-corrected chi connectivity index (χ1v) is 8.62. The highest BCUT2D eigenvalue weighted by atomic mass is 16.5. The van der Waals surface area contributed by atoms with Crippen LogP contribution in [0.4, 0.5) is 0 Å². The van der Waals surface area contributed by atoms with Gasteiger partial charge in [0.1, 0.15) is 0 Å². The fourth-order valence-corrected chi connectivity index (χ4v) is 3.17. The highest BCUT2D eigenvalue weighted by Gasteiger charge is 2.36. The van der Waals surface area contributed by atoms with Crippen LogP contribution in [0.3, 0.4) is 0 Å². The lowest BCUT2D eigenvalue weighted by Crippen LogP contribution is -2.28. The summed E-state index contributed by atoms with van der Waals surface area (Å²) in [6.07, 6.45) is 5.86. The summed E-state index contributed by atoms with van der Waals surface area (Å²) >= 11 is 0. The number of methoxy groups -OCH3 is 2. The Morgan fingerprint density at radius 3 is 2.68 bits per heavy atom. The molecule has 2 aliphatic rings. The molecule has 0 spiro atoms. The molecule has 0 N–H and O–H groups in total. The van der Waals surface area contributed by atoms with Crippen molar-refractivity contribution in [3.8, 4) is 17.6 Å². The molecule has 5 nitrogen and oxygen atoms in total. The van der Waals surface area contributed by atoms with Gasteiger partial charge in [-0.25, -0.2) is 4.79 Å². The van der Waals surface area contributed by atoms with Crippen LogP contribution in [-0.4, -0.2) is 26.8 Å². The number of hydrogen-bond donors (Lipinski definition) is 0. The van der Waals surface area contributed by atoms with E-state index < -0.39 is 5.41 Å². The molecule has 2 aliphatic carbocycles. The third-order valence-corrected chi connectivity index (χ3v) is 5.07. The van der Waals surface area contributed by atoms with Crippen molar-refractivity contribution in [1.29, 1.82) is 5.26 Å². The summed E-state index contributed by atoms with van der Waals surface area (Å²) in [5.74, 6) is 1.69. The first-order chi connectivity index (χ1) is 12.1. The summed E-state index contributed by atoms with van der Waals surface area (Å²) in [4.78, 5) is 11.7. The lowest BCUT2D eigenvalue weighted by Gasteiger charge is -2.30. The molecular formula is C20H23NO4. The molecule has 132 valence electrons. The monoisotopic (exact) mass is 341 g/mol. The molecule has 1 unspecified atom stereocenters. The van der Waals surface area contributed by atoms with Gasteiger partial charge in [0.2, 0.25) is 0 Å². The molecule has 0 radical (unpaired) electrons. The minimum Gasteiger partial charge on any atom is -0.493 e. The first-order valence-electron chi connectivity index (χ1n) is 8.62. The van der Waals surface area contributed by atoms with Crippen LogP contribution in [0.25, 0.3) is 0 Å². The van der Waals surface area contributed by atoms with Crippen molar-refractivity contribution >= 4 is 5.97 Å². The molecular weight excluding hydrogens is 318 g/mol. The van der Waals surface area contributed by atoms with E-state index in [4.69, 9.17) is 14.2 Å². The number of carbonyl (C=O) groups excluding carboxylic acids is 1. The fourth-order valence-electron chi connectivity index (χ4n) is 3.17. The van der Waals surface area contributed by atoms with Gasteiger partial charge in [-0.2, -0.15) is 5.26 Å². The zero-order valence-electron chi connectivity index (χ0n) is 14.7. The van der Waals surface area contributed by atoms with Crippen molar-refractivity contribution in [3.63, 3.8) is 0 Å². The maximum atomic E-state index is 11.7. The normalized spacial score (nSPS) is 22.5. The number of benzene rings is 1. The van der Waals surface area contributed by atoms with Crippen LogP contribution in [-0.2, 0) is 14.9 Å². The lowest BCUT2D eigenvalue weighted by atomic mass is 9.71. The fraction of sp³-hybridized carbons (Fsp3) is 0.500. The van der Waals surface area contributed by atoms with E-state index in [1.54, 1.807) is 7.11 Å². The van der Waals surface area contributed by atoms with Gasteiger partial charge in [-0.3, -0.25) is 0 Å². The number of rotatable bonds is 6. The van der Waals surface area contributed by atoms with Crippen LogP contribution in [0.1, 0.15) is 37.7 Å². The number of carbonyl (C=O) groups is 1. The van der Waals surface area contributed by atoms with Crippen molar-refractivity contribution in [2.75, 3.05) is 20.8 Å². The van der Waals surface area contributed by atoms with Gasteiger partial charge in [0, 0.05) is 5.57 Å². The van der Waals surface area contributed by atoms with Crippen molar-refractivity contribution < 1.29 is 19.0 Å². The minimum atomic E-state index is -0.651. The number of ether oxygens (including phenoxy) is 3. The van der Waals surface area contributed by atoms with Gasteiger partial charge < -0.3 is 14.2 Å². The summed E-state index contributed by atoms with van der Waals surface area (Å²) < 4.78 is 16.1. The lowest BCUT2D eigenvalue weighted by molar-refractivity contribution is -0.136. The Hall–Kier alpha value is -2.48. The Bertz CT molecular complexity index is 730. The average Bonchev–Trinajstić information content (AvgIpc) is 3.50. The summed E-state index contributed by atoms with van der Waals surface area (Å²) in [5.41, 5.74) is 0.899. The highest BCUT2D eigenvalue weighted by Crippen LogP contribution is 2.42. The van der Waals surface area contributed by atoms with Crippen LogP contribution in [0.15, 0.2) is 29.8 Å². The van der Waals surface area contributed by atoms with E-state index >= 15 is 0 Å².